The molecule has 0 bridgehead atoms. The summed E-state index contributed by atoms with van der Waals surface area (Å²) in [4.78, 5) is 4.22. The van der Waals surface area contributed by atoms with Crippen LogP contribution in [0.25, 0.3) is 0 Å². The zero-order valence-electron chi connectivity index (χ0n) is 11.1. The summed E-state index contributed by atoms with van der Waals surface area (Å²) in [7, 11) is 0. The van der Waals surface area contributed by atoms with Crippen molar-refractivity contribution in [1.29, 1.82) is 0 Å². The van der Waals surface area contributed by atoms with Gasteiger partial charge in [0.15, 0.2) is 0 Å². The Kier molecular flexibility index (Phi) is 3.73. The second-order valence-electron chi connectivity index (χ2n) is 6.13. The van der Waals surface area contributed by atoms with Crippen LogP contribution in [-0.2, 0) is 6.54 Å². The maximum Gasteiger partial charge on any atom is 0.0331 e. The van der Waals surface area contributed by atoms with Crippen molar-refractivity contribution in [3.8, 4) is 0 Å². The van der Waals surface area contributed by atoms with Gasteiger partial charge >= 0.3 is 0 Å². The van der Waals surface area contributed by atoms with Gasteiger partial charge < -0.3 is 5.73 Å². The van der Waals surface area contributed by atoms with Crippen molar-refractivity contribution in [2.45, 2.75) is 51.1 Å². The summed E-state index contributed by atoms with van der Waals surface area (Å²) in [6.07, 6.45) is 8.25. The topological polar surface area (TPSA) is 29.3 Å². The molecule has 100 valence electrons. The van der Waals surface area contributed by atoms with Gasteiger partial charge in [-0.1, -0.05) is 18.9 Å². The minimum absolute atomic E-state index is 0.430. The molecule has 2 N–H and O–H groups in total. The van der Waals surface area contributed by atoms with E-state index in [0.717, 1.165) is 19.1 Å². The van der Waals surface area contributed by atoms with Gasteiger partial charge in [-0.05, 0) is 49.1 Å². The number of nitrogens with zero attached hydrogens (tertiary/aromatic N) is 1. The van der Waals surface area contributed by atoms with E-state index in [1.54, 1.807) is 0 Å². The largest absolute Gasteiger partial charge is 0.330 e. The van der Waals surface area contributed by atoms with Crippen LogP contribution in [0.5, 0.6) is 0 Å². The smallest absolute Gasteiger partial charge is 0.0331 e. The van der Waals surface area contributed by atoms with E-state index >= 15 is 0 Å². The molecule has 1 aromatic heterocycles. The molecular weight excluding hydrogens is 240 g/mol. The minimum atomic E-state index is 0.430. The molecule has 0 atom stereocenters. The highest BCUT2D eigenvalue weighted by Gasteiger charge is 2.38. The fourth-order valence-electron chi connectivity index (χ4n) is 3.34. The average Bonchev–Trinajstić information content (AvgIpc) is 2.92. The highest BCUT2D eigenvalue weighted by Crippen LogP contribution is 2.40. The molecule has 2 saturated carbocycles. The lowest BCUT2D eigenvalue weighted by Gasteiger charge is -2.34. The number of hydrogen-bond acceptors (Lipinski definition) is 3. The van der Waals surface area contributed by atoms with E-state index in [9.17, 15) is 0 Å². The molecule has 2 aliphatic carbocycles. The third kappa shape index (κ3) is 2.79. The molecule has 0 spiro atoms. The van der Waals surface area contributed by atoms with Crippen molar-refractivity contribution in [2.24, 2.45) is 11.1 Å². The van der Waals surface area contributed by atoms with Crippen molar-refractivity contribution >= 4 is 11.3 Å². The molecule has 0 aliphatic heterocycles. The Labute approximate surface area is 114 Å². The van der Waals surface area contributed by atoms with Crippen molar-refractivity contribution < 1.29 is 0 Å². The van der Waals surface area contributed by atoms with Gasteiger partial charge in [0.05, 0.1) is 0 Å². The van der Waals surface area contributed by atoms with Crippen LogP contribution >= 0.6 is 11.3 Å². The van der Waals surface area contributed by atoms with Crippen LogP contribution in [0.4, 0.5) is 0 Å². The van der Waals surface area contributed by atoms with E-state index in [-0.39, 0.29) is 0 Å². The lowest BCUT2D eigenvalue weighted by molar-refractivity contribution is 0.145. The van der Waals surface area contributed by atoms with Crippen molar-refractivity contribution in [2.75, 3.05) is 13.1 Å². The van der Waals surface area contributed by atoms with Gasteiger partial charge in [-0.2, -0.15) is 0 Å². The fourth-order valence-corrected chi connectivity index (χ4v) is 4.07. The predicted molar refractivity (Wildman–Crippen MR) is 77.7 cm³/mol. The Hall–Kier alpha value is -0.380. The van der Waals surface area contributed by atoms with Crippen LogP contribution in [0, 0.1) is 5.41 Å². The monoisotopic (exact) mass is 264 g/mol. The quantitative estimate of drug-likeness (QED) is 0.854. The summed E-state index contributed by atoms with van der Waals surface area (Å²) in [5, 5.41) is 2.19. The number of hydrogen-bond donors (Lipinski definition) is 1. The summed E-state index contributed by atoms with van der Waals surface area (Å²) in [6, 6.07) is 5.28. The van der Waals surface area contributed by atoms with Crippen LogP contribution in [0.2, 0.25) is 0 Å². The second kappa shape index (κ2) is 5.32. The summed E-state index contributed by atoms with van der Waals surface area (Å²) < 4.78 is 0. The number of thiophene rings is 1. The van der Waals surface area contributed by atoms with Crippen LogP contribution in [0.1, 0.15) is 43.4 Å². The molecular formula is C15H24N2S. The SMILES string of the molecule is NCC1(CN(Cc2cccs2)C2CC2)CCCC1. The lowest BCUT2D eigenvalue weighted by Crippen LogP contribution is -2.41. The van der Waals surface area contributed by atoms with Crippen molar-refractivity contribution in [3.05, 3.63) is 22.4 Å². The van der Waals surface area contributed by atoms with Gasteiger partial charge in [0.1, 0.15) is 0 Å². The second-order valence-corrected chi connectivity index (χ2v) is 7.16. The lowest BCUT2D eigenvalue weighted by atomic mass is 9.85. The Bertz CT molecular complexity index is 364. The first-order valence-corrected chi connectivity index (χ1v) is 8.16. The third-order valence-corrected chi connectivity index (χ3v) is 5.50. The van der Waals surface area contributed by atoms with E-state index in [4.69, 9.17) is 5.73 Å². The molecule has 0 unspecified atom stereocenters. The molecule has 0 saturated heterocycles. The van der Waals surface area contributed by atoms with Crippen LogP contribution in [0.3, 0.4) is 0 Å². The van der Waals surface area contributed by atoms with Gasteiger partial charge in [-0.3, -0.25) is 4.90 Å². The Morgan fingerprint density at radius 1 is 1.33 bits per heavy atom. The molecule has 2 aliphatic rings. The number of rotatable bonds is 6. The van der Waals surface area contributed by atoms with E-state index in [2.05, 4.69) is 22.4 Å². The molecule has 3 rings (SSSR count). The molecule has 2 fully saturated rings. The summed E-state index contributed by atoms with van der Waals surface area (Å²) in [5.41, 5.74) is 6.52. The highest BCUT2D eigenvalue weighted by atomic mass is 32.1. The van der Waals surface area contributed by atoms with Crippen molar-refractivity contribution in [3.63, 3.8) is 0 Å². The van der Waals surface area contributed by atoms with E-state index in [0.29, 0.717) is 5.41 Å². The Balaban J connectivity index is 1.66. The minimum Gasteiger partial charge on any atom is -0.330 e. The van der Waals surface area contributed by atoms with E-state index in [1.807, 2.05) is 11.3 Å². The summed E-state index contributed by atoms with van der Waals surface area (Å²) >= 11 is 1.89. The summed E-state index contributed by atoms with van der Waals surface area (Å²) in [5.74, 6) is 0. The van der Waals surface area contributed by atoms with Crippen molar-refractivity contribution in [1.82, 2.24) is 4.90 Å². The van der Waals surface area contributed by atoms with Crippen LogP contribution < -0.4 is 5.73 Å². The molecule has 1 heterocycles. The maximum atomic E-state index is 6.09. The van der Waals surface area contributed by atoms with E-state index in [1.165, 1.54) is 49.9 Å². The van der Waals surface area contributed by atoms with Gasteiger partial charge in [0, 0.05) is 24.0 Å². The van der Waals surface area contributed by atoms with Gasteiger partial charge in [-0.15, -0.1) is 11.3 Å². The van der Waals surface area contributed by atoms with Crippen LogP contribution in [0.15, 0.2) is 17.5 Å². The van der Waals surface area contributed by atoms with E-state index < -0.39 is 0 Å². The third-order valence-electron chi connectivity index (χ3n) is 4.64. The molecule has 1 aromatic rings. The standard InChI is InChI=1S/C15H24N2S/c16-11-15(7-1-2-8-15)12-17(13-5-6-13)10-14-4-3-9-18-14/h3-4,9,13H,1-2,5-8,10-12,16H2. The fraction of sp³-hybridized carbons (Fsp3) is 0.733. The maximum absolute atomic E-state index is 6.09. The molecule has 18 heavy (non-hydrogen) atoms. The molecule has 2 nitrogen and oxygen atoms in total. The first-order valence-electron chi connectivity index (χ1n) is 7.28. The highest BCUT2D eigenvalue weighted by molar-refractivity contribution is 7.09. The van der Waals surface area contributed by atoms with Crippen LogP contribution in [-0.4, -0.2) is 24.0 Å². The molecule has 3 heteroatoms. The normalized spacial score (nSPS) is 22.8. The number of nitrogens with two attached hydrogens (primary N) is 1. The zero-order valence-corrected chi connectivity index (χ0v) is 11.9. The first kappa shape index (κ1) is 12.6. The molecule has 0 radical (unpaired) electrons. The summed E-state index contributed by atoms with van der Waals surface area (Å²) in [6.45, 7) is 3.25. The Morgan fingerprint density at radius 3 is 2.67 bits per heavy atom. The zero-order chi connectivity index (χ0) is 12.4. The predicted octanol–water partition coefficient (Wildman–Crippen LogP) is 3.23. The molecule has 0 amide bonds. The van der Waals surface area contributed by atoms with Gasteiger partial charge in [0.2, 0.25) is 0 Å². The molecule has 0 aromatic carbocycles. The Morgan fingerprint density at radius 2 is 2.11 bits per heavy atom. The van der Waals surface area contributed by atoms with Gasteiger partial charge in [-0.25, -0.2) is 0 Å². The average molecular weight is 264 g/mol. The first-order chi connectivity index (χ1) is 8.81. The van der Waals surface area contributed by atoms with Gasteiger partial charge in [0.25, 0.3) is 0 Å².